The summed E-state index contributed by atoms with van der Waals surface area (Å²) in [6, 6.07) is 10.6. The Kier molecular flexibility index (Phi) is 12.6. The van der Waals surface area contributed by atoms with E-state index >= 15 is 0 Å². The molecule has 0 aliphatic carbocycles. The van der Waals surface area contributed by atoms with Gasteiger partial charge in [0.1, 0.15) is 17.1 Å². The molecule has 3 atom stereocenters. The molecule has 0 bridgehead atoms. The molecule has 11 heteroatoms. The van der Waals surface area contributed by atoms with Crippen LogP contribution in [0.25, 0.3) is 0 Å². The van der Waals surface area contributed by atoms with Gasteiger partial charge in [-0.25, -0.2) is 9.69 Å². The molecule has 1 aliphatic rings. The van der Waals surface area contributed by atoms with Crippen molar-refractivity contribution < 1.29 is 42.9 Å². The van der Waals surface area contributed by atoms with Gasteiger partial charge in [-0.1, -0.05) is 44.2 Å². The number of benzene rings is 1. The second-order valence-corrected chi connectivity index (χ2v) is 12.0. The highest BCUT2D eigenvalue weighted by Crippen LogP contribution is 2.40. The standard InChI is InChI=1S/C31H42BrNO9/c1-20(2)28-31(4,5)42-30(37)33(28)29(36)23(18-22-10-7-6-8-11-22)27(40-21(3)35)26-19-24(32)25(41-26)12-9-14-38-16-17-39-15-13-34/h6-8,10-11,19-20,23,27-28,34H,9,12-18H2,1-5H3. The Morgan fingerprint density at radius 2 is 1.76 bits per heavy atom. The van der Waals surface area contributed by atoms with E-state index < -0.39 is 41.6 Å². The number of carbonyl (C=O) groups excluding carboxylic acids is 3. The molecule has 42 heavy (non-hydrogen) atoms. The van der Waals surface area contributed by atoms with Gasteiger partial charge < -0.3 is 28.5 Å². The minimum absolute atomic E-state index is 0.0284. The minimum Gasteiger partial charge on any atom is -0.461 e. The number of hydrogen-bond acceptors (Lipinski definition) is 9. The fourth-order valence-electron chi connectivity index (χ4n) is 5.43. The summed E-state index contributed by atoms with van der Waals surface area (Å²) < 4.78 is 29.0. The lowest BCUT2D eigenvalue weighted by Crippen LogP contribution is -2.51. The van der Waals surface area contributed by atoms with Gasteiger partial charge in [0.15, 0.2) is 6.10 Å². The van der Waals surface area contributed by atoms with Crippen molar-refractivity contribution in [2.24, 2.45) is 11.8 Å². The molecule has 2 amide bonds. The zero-order valence-electron chi connectivity index (χ0n) is 25.0. The Bertz CT molecular complexity index is 1180. The van der Waals surface area contributed by atoms with Crippen LogP contribution in [0, 0.1) is 11.8 Å². The van der Waals surface area contributed by atoms with Crippen LogP contribution in [0.5, 0.6) is 0 Å². The number of imide groups is 1. The summed E-state index contributed by atoms with van der Waals surface area (Å²) >= 11 is 3.55. The first-order chi connectivity index (χ1) is 20.0. The molecular weight excluding hydrogens is 610 g/mol. The number of aryl methyl sites for hydroxylation is 1. The molecule has 1 fully saturated rings. The van der Waals surface area contributed by atoms with Gasteiger partial charge in [-0.15, -0.1) is 0 Å². The maximum atomic E-state index is 14.3. The number of rotatable bonds is 16. The van der Waals surface area contributed by atoms with Crippen molar-refractivity contribution in [2.75, 3.05) is 33.0 Å². The number of amides is 2. The zero-order chi connectivity index (χ0) is 30.9. The van der Waals surface area contributed by atoms with Crippen LogP contribution in [-0.2, 0) is 41.4 Å². The number of aliphatic hydroxyl groups is 1. The largest absolute Gasteiger partial charge is 0.461 e. The normalized spacial score (nSPS) is 17.8. The van der Waals surface area contributed by atoms with E-state index in [0.29, 0.717) is 48.7 Å². The van der Waals surface area contributed by atoms with Crippen molar-refractivity contribution in [2.45, 2.75) is 71.6 Å². The van der Waals surface area contributed by atoms with E-state index in [1.54, 1.807) is 19.9 Å². The van der Waals surface area contributed by atoms with E-state index in [-0.39, 0.29) is 25.6 Å². The molecular formula is C31H42BrNO9. The van der Waals surface area contributed by atoms with Crippen LogP contribution in [0.1, 0.15) is 64.2 Å². The quantitative estimate of drug-likeness (QED) is 0.191. The van der Waals surface area contributed by atoms with Crippen LogP contribution in [0.15, 0.2) is 45.3 Å². The van der Waals surface area contributed by atoms with Crippen LogP contribution < -0.4 is 0 Å². The lowest BCUT2D eigenvalue weighted by Gasteiger charge is -2.34. The summed E-state index contributed by atoms with van der Waals surface area (Å²) in [5, 5.41) is 8.76. The Morgan fingerprint density at radius 3 is 2.38 bits per heavy atom. The minimum atomic E-state index is -1.09. The van der Waals surface area contributed by atoms with E-state index in [1.165, 1.54) is 11.8 Å². The maximum absolute atomic E-state index is 14.3. The molecule has 0 saturated carbocycles. The summed E-state index contributed by atoms with van der Waals surface area (Å²) in [6.07, 6.45) is -0.423. The Labute approximate surface area is 255 Å². The average molecular weight is 653 g/mol. The van der Waals surface area contributed by atoms with Crippen LogP contribution >= 0.6 is 15.9 Å². The topological polar surface area (TPSA) is 125 Å². The number of halogens is 1. The predicted octanol–water partition coefficient (Wildman–Crippen LogP) is 5.25. The van der Waals surface area contributed by atoms with Gasteiger partial charge in [0.25, 0.3) is 0 Å². The average Bonchev–Trinajstić information content (AvgIpc) is 3.41. The summed E-state index contributed by atoms with van der Waals surface area (Å²) in [7, 11) is 0. The number of cyclic esters (lactones) is 1. The van der Waals surface area contributed by atoms with Gasteiger partial charge in [0.05, 0.1) is 42.9 Å². The van der Waals surface area contributed by atoms with Crippen molar-refractivity contribution >= 4 is 33.9 Å². The van der Waals surface area contributed by atoms with Gasteiger partial charge in [-0.2, -0.15) is 0 Å². The van der Waals surface area contributed by atoms with Crippen LogP contribution in [0.3, 0.4) is 0 Å². The first-order valence-corrected chi connectivity index (χ1v) is 15.1. The molecule has 2 aromatic rings. The molecule has 10 nitrogen and oxygen atoms in total. The van der Waals surface area contributed by atoms with Gasteiger partial charge in [-0.05, 0) is 60.2 Å². The Hall–Kier alpha value is -2.73. The smallest absolute Gasteiger partial charge is 0.417 e. The van der Waals surface area contributed by atoms with Crippen molar-refractivity contribution in [3.8, 4) is 0 Å². The maximum Gasteiger partial charge on any atom is 0.417 e. The van der Waals surface area contributed by atoms with Crippen LogP contribution in [0.4, 0.5) is 4.79 Å². The lowest BCUT2D eigenvalue weighted by atomic mass is 9.86. The third-order valence-corrected chi connectivity index (χ3v) is 7.71. The van der Waals surface area contributed by atoms with Crippen LogP contribution in [-0.4, -0.2) is 72.7 Å². The van der Waals surface area contributed by atoms with Gasteiger partial charge in [0, 0.05) is 20.0 Å². The third-order valence-electron chi connectivity index (χ3n) is 7.04. The first-order valence-electron chi connectivity index (χ1n) is 14.3. The van der Waals surface area contributed by atoms with E-state index in [1.807, 2.05) is 44.2 Å². The molecule has 1 aromatic carbocycles. The number of hydrogen-bond donors (Lipinski definition) is 1. The molecule has 0 radical (unpaired) electrons. The first kappa shape index (κ1) is 33.8. The molecule has 1 aromatic heterocycles. The molecule has 1 saturated heterocycles. The summed E-state index contributed by atoms with van der Waals surface area (Å²) in [6.45, 7) is 10.3. The highest BCUT2D eigenvalue weighted by Gasteiger charge is 2.54. The fraction of sp³-hybridized carbons (Fsp3) is 0.581. The molecule has 1 aliphatic heterocycles. The van der Waals surface area contributed by atoms with Gasteiger partial charge >= 0.3 is 12.1 Å². The second-order valence-electron chi connectivity index (χ2n) is 11.2. The second kappa shape index (κ2) is 15.7. The fourth-order valence-corrected chi connectivity index (χ4v) is 5.94. The van der Waals surface area contributed by atoms with Crippen LogP contribution in [0.2, 0.25) is 0 Å². The number of esters is 1. The molecule has 3 unspecified atom stereocenters. The Morgan fingerprint density at radius 1 is 1.10 bits per heavy atom. The SMILES string of the molecule is CC(=O)OC(c1cc(Br)c(CCCOCCOCCO)o1)C(Cc1ccccc1)C(=O)N1C(=O)OC(C)(C)C1C(C)C. The van der Waals surface area contributed by atoms with Crippen molar-refractivity contribution in [1.82, 2.24) is 4.90 Å². The van der Waals surface area contributed by atoms with Gasteiger partial charge in [-0.3, -0.25) is 9.59 Å². The monoisotopic (exact) mass is 651 g/mol. The molecule has 2 heterocycles. The predicted molar refractivity (Wildman–Crippen MR) is 158 cm³/mol. The van der Waals surface area contributed by atoms with Crippen molar-refractivity contribution in [3.05, 3.63) is 58.0 Å². The van der Waals surface area contributed by atoms with E-state index in [0.717, 1.165) is 5.56 Å². The summed E-state index contributed by atoms with van der Waals surface area (Å²) in [5.41, 5.74) is -0.0462. The van der Waals surface area contributed by atoms with Crippen molar-refractivity contribution in [3.63, 3.8) is 0 Å². The van der Waals surface area contributed by atoms with E-state index in [9.17, 15) is 14.4 Å². The number of carbonyl (C=O) groups is 3. The molecule has 1 N–H and O–H groups in total. The van der Waals surface area contributed by atoms with E-state index in [2.05, 4.69) is 15.9 Å². The summed E-state index contributed by atoms with van der Waals surface area (Å²) in [5.74, 6) is -1.20. The van der Waals surface area contributed by atoms with Gasteiger partial charge in [0.2, 0.25) is 5.91 Å². The zero-order valence-corrected chi connectivity index (χ0v) is 26.6. The lowest BCUT2D eigenvalue weighted by molar-refractivity contribution is -0.156. The Balaban J connectivity index is 1.89. The number of furan rings is 1. The van der Waals surface area contributed by atoms with Crippen molar-refractivity contribution in [1.29, 1.82) is 0 Å². The molecule has 0 spiro atoms. The third kappa shape index (κ3) is 8.89. The highest BCUT2D eigenvalue weighted by molar-refractivity contribution is 9.10. The molecule has 232 valence electrons. The van der Waals surface area contributed by atoms with E-state index in [4.69, 9.17) is 28.5 Å². The number of aliphatic hydroxyl groups excluding tert-OH is 1. The number of nitrogens with zero attached hydrogens (tertiary/aromatic N) is 1. The highest BCUT2D eigenvalue weighted by atomic mass is 79.9. The molecule has 3 rings (SSSR count). The number of ether oxygens (including phenoxy) is 4. The summed E-state index contributed by atoms with van der Waals surface area (Å²) in [4.78, 5) is 41.0.